The number of hydrogen-bond acceptors (Lipinski definition) is 8. The van der Waals surface area contributed by atoms with E-state index in [4.69, 9.17) is 28.4 Å². The number of hydrogen-bond donors (Lipinski definition) is 1. The Morgan fingerprint density at radius 2 is 1.77 bits per heavy atom. The minimum atomic E-state index is -0.560. The number of nitrogens with one attached hydrogen (secondary N) is 1. The van der Waals surface area contributed by atoms with Crippen LogP contribution >= 0.6 is 0 Å². The van der Waals surface area contributed by atoms with E-state index in [9.17, 15) is 9.59 Å². The van der Waals surface area contributed by atoms with Crippen molar-refractivity contribution in [2.75, 3.05) is 40.2 Å². The molecule has 1 aromatic carbocycles. The number of amides is 1. The van der Waals surface area contributed by atoms with Crippen LogP contribution in [0, 0.1) is 0 Å². The molecule has 0 aliphatic carbocycles. The molecule has 1 unspecified atom stereocenters. The van der Waals surface area contributed by atoms with Crippen molar-refractivity contribution >= 4 is 17.6 Å². The summed E-state index contributed by atoms with van der Waals surface area (Å²) in [7, 11) is 4.43. The second-order valence-electron chi connectivity index (χ2n) is 6.40. The molecule has 31 heavy (non-hydrogen) atoms. The van der Waals surface area contributed by atoms with Gasteiger partial charge in [0.2, 0.25) is 5.91 Å². The fraction of sp³-hybridized carbons (Fsp3) is 0.455. The Hall–Kier alpha value is -3.04. The summed E-state index contributed by atoms with van der Waals surface area (Å²) in [5.74, 6) is 0.203. The van der Waals surface area contributed by atoms with Crippen molar-refractivity contribution in [3.05, 3.63) is 36.9 Å². The molecule has 0 aliphatic rings. The summed E-state index contributed by atoms with van der Waals surface area (Å²) in [5.41, 5.74) is 0.881. The van der Waals surface area contributed by atoms with E-state index >= 15 is 0 Å². The zero-order chi connectivity index (χ0) is 23.2. The Balaban J connectivity index is 3.49. The number of ether oxygens (including phenoxy) is 6. The maximum atomic E-state index is 12.4. The lowest BCUT2D eigenvalue weighted by atomic mass is 10.0. The number of rotatable bonds is 15. The van der Waals surface area contributed by atoms with E-state index in [1.165, 1.54) is 21.3 Å². The van der Waals surface area contributed by atoms with Crippen LogP contribution in [0.5, 0.6) is 17.2 Å². The molecule has 0 aromatic heterocycles. The summed E-state index contributed by atoms with van der Waals surface area (Å²) >= 11 is 0. The number of carbonyl (C=O) groups is 2. The number of methoxy groups -OCH3 is 3. The van der Waals surface area contributed by atoms with Crippen LogP contribution in [-0.2, 0) is 30.2 Å². The molecule has 9 nitrogen and oxygen atoms in total. The molecule has 0 fully saturated rings. The molecule has 0 saturated heterocycles. The number of anilines is 1. The Morgan fingerprint density at radius 1 is 1.10 bits per heavy atom. The molecule has 1 aromatic rings. The van der Waals surface area contributed by atoms with E-state index < -0.39 is 12.1 Å². The number of benzene rings is 1. The molecule has 0 spiro atoms. The largest absolute Gasteiger partial charge is 0.492 e. The van der Waals surface area contributed by atoms with Gasteiger partial charge in [-0.2, -0.15) is 0 Å². The molecule has 9 heteroatoms. The standard InChI is InChI=1S/C22H31NO8/c1-7-9-10-19(24)23-17-12-18(29-13-26-4)22(28-6)16(21(17)30-14-27-5)11-15(3)31-20(25)8-2/h7-8,12,15H,1-2,9-11,13-14H2,3-6H3,(H,23,24). The van der Waals surface area contributed by atoms with Gasteiger partial charge >= 0.3 is 5.97 Å². The summed E-state index contributed by atoms with van der Waals surface area (Å²) in [6.07, 6.45) is 3.16. The Bertz CT molecular complexity index is 762. The van der Waals surface area contributed by atoms with E-state index in [-0.39, 0.29) is 32.3 Å². The van der Waals surface area contributed by atoms with Gasteiger partial charge in [0.05, 0.1) is 12.8 Å². The molecule has 1 N–H and O–H groups in total. The van der Waals surface area contributed by atoms with E-state index in [0.717, 1.165) is 6.08 Å². The van der Waals surface area contributed by atoms with Crippen LogP contribution in [0.15, 0.2) is 31.4 Å². The van der Waals surface area contributed by atoms with Crippen LogP contribution in [0.25, 0.3) is 0 Å². The van der Waals surface area contributed by atoms with E-state index in [0.29, 0.717) is 34.9 Å². The number of esters is 1. The summed E-state index contributed by atoms with van der Waals surface area (Å²) in [5, 5.41) is 2.82. The van der Waals surface area contributed by atoms with Gasteiger partial charge in [0, 0.05) is 44.8 Å². The van der Waals surface area contributed by atoms with Crippen molar-refractivity contribution in [3.8, 4) is 17.2 Å². The Morgan fingerprint density at radius 3 is 2.35 bits per heavy atom. The lowest BCUT2D eigenvalue weighted by Gasteiger charge is -2.23. The first-order valence-corrected chi connectivity index (χ1v) is 9.62. The minimum Gasteiger partial charge on any atom is -0.492 e. The Labute approximate surface area is 182 Å². The van der Waals surface area contributed by atoms with Crippen LogP contribution < -0.4 is 19.5 Å². The normalized spacial score (nSPS) is 11.2. The number of allylic oxidation sites excluding steroid dienone is 1. The first-order chi connectivity index (χ1) is 14.9. The fourth-order valence-electron chi connectivity index (χ4n) is 2.71. The highest BCUT2D eigenvalue weighted by Gasteiger charge is 2.25. The third-order valence-electron chi connectivity index (χ3n) is 3.97. The van der Waals surface area contributed by atoms with Crippen LogP contribution in [0.2, 0.25) is 0 Å². The zero-order valence-electron chi connectivity index (χ0n) is 18.5. The molecule has 1 amide bonds. The average Bonchev–Trinajstić information content (AvgIpc) is 2.75. The molecule has 1 atom stereocenters. The van der Waals surface area contributed by atoms with Gasteiger partial charge in [-0.3, -0.25) is 4.79 Å². The van der Waals surface area contributed by atoms with Crippen molar-refractivity contribution in [2.45, 2.75) is 32.3 Å². The highest BCUT2D eigenvalue weighted by molar-refractivity contribution is 5.93. The zero-order valence-corrected chi connectivity index (χ0v) is 18.5. The molecule has 0 heterocycles. The third kappa shape index (κ3) is 8.31. The molecular weight excluding hydrogens is 406 g/mol. The number of carbonyl (C=O) groups excluding carboxylic acids is 2. The van der Waals surface area contributed by atoms with E-state index in [1.807, 2.05) is 0 Å². The predicted octanol–water partition coefficient (Wildman–Crippen LogP) is 3.23. The lowest BCUT2D eigenvalue weighted by Crippen LogP contribution is -2.19. The maximum absolute atomic E-state index is 12.4. The molecule has 0 saturated carbocycles. The predicted molar refractivity (Wildman–Crippen MR) is 116 cm³/mol. The van der Waals surface area contributed by atoms with Crippen LogP contribution in [0.4, 0.5) is 5.69 Å². The molecule has 172 valence electrons. The topological polar surface area (TPSA) is 102 Å². The van der Waals surface area contributed by atoms with Gasteiger partial charge in [0.1, 0.15) is 6.10 Å². The van der Waals surface area contributed by atoms with E-state index in [1.54, 1.807) is 19.1 Å². The minimum absolute atomic E-state index is 0.0427. The maximum Gasteiger partial charge on any atom is 0.330 e. The summed E-state index contributed by atoms with van der Waals surface area (Å²) < 4.78 is 32.3. The monoisotopic (exact) mass is 437 g/mol. The fourth-order valence-corrected chi connectivity index (χ4v) is 2.71. The van der Waals surface area contributed by atoms with Gasteiger partial charge in [-0.25, -0.2) is 4.79 Å². The van der Waals surface area contributed by atoms with Crippen molar-refractivity contribution in [2.24, 2.45) is 0 Å². The summed E-state index contributed by atoms with van der Waals surface area (Å²) in [4.78, 5) is 24.0. The first kappa shape index (κ1) is 26.0. The van der Waals surface area contributed by atoms with Crippen LogP contribution in [-0.4, -0.2) is 52.9 Å². The van der Waals surface area contributed by atoms with Crippen molar-refractivity contribution in [1.29, 1.82) is 0 Å². The molecule has 0 bridgehead atoms. The van der Waals surface area contributed by atoms with Gasteiger partial charge in [0.25, 0.3) is 0 Å². The van der Waals surface area contributed by atoms with Crippen LogP contribution in [0.1, 0.15) is 25.3 Å². The first-order valence-electron chi connectivity index (χ1n) is 9.62. The molecular formula is C22H31NO8. The van der Waals surface area contributed by atoms with E-state index in [2.05, 4.69) is 18.5 Å². The summed E-state index contributed by atoms with van der Waals surface area (Å²) in [6.45, 7) is 8.62. The highest BCUT2D eigenvalue weighted by atomic mass is 16.7. The molecule has 0 aliphatic heterocycles. The van der Waals surface area contributed by atoms with Gasteiger partial charge in [0.15, 0.2) is 30.8 Å². The van der Waals surface area contributed by atoms with Crippen molar-refractivity contribution in [3.63, 3.8) is 0 Å². The average molecular weight is 437 g/mol. The van der Waals surface area contributed by atoms with Gasteiger partial charge in [-0.05, 0) is 13.3 Å². The molecule has 0 radical (unpaired) electrons. The Kier molecular flexibility index (Phi) is 11.8. The molecule has 1 rings (SSSR count). The van der Waals surface area contributed by atoms with Crippen molar-refractivity contribution in [1.82, 2.24) is 0 Å². The van der Waals surface area contributed by atoms with Gasteiger partial charge < -0.3 is 33.7 Å². The third-order valence-corrected chi connectivity index (χ3v) is 3.97. The second-order valence-corrected chi connectivity index (χ2v) is 6.40. The lowest BCUT2D eigenvalue weighted by molar-refractivity contribution is -0.142. The smallest absolute Gasteiger partial charge is 0.330 e. The van der Waals surface area contributed by atoms with Gasteiger partial charge in [-0.15, -0.1) is 6.58 Å². The van der Waals surface area contributed by atoms with Gasteiger partial charge in [-0.1, -0.05) is 12.7 Å². The van der Waals surface area contributed by atoms with Crippen molar-refractivity contribution < 1.29 is 38.0 Å². The summed E-state index contributed by atoms with van der Waals surface area (Å²) in [6, 6.07) is 1.58. The highest BCUT2D eigenvalue weighted by Crippen LogP contribution is 2.44. The second kappa shape index (κ2) is 14.1. The van der Waals surface area contributed by atoms with Crippen LogP contribution in [0.3, 0.4) is 0 Å². The quantitative estimate of drug-likeness (QED) is 0.193. The SMILES string of the molecule is C=CCCC(=O)Nc1cc(OCOC)c(OC)c(CC(C)OC(=O)C=C)c1OCOC.